The molecule has 0 heterocycles. The van der Waals surface area contributed by atoms with E-state index in [4.69, 9.17) is 0 Å². The van der Waals surface area contributed by atoms with Crippen molar-refractivity contribution in [2.75, 3.05) is 5.75 Å². The molecule has 0 unspecified atom stereocenters. The van der Waals surface area contributed by atoms with Gasteiger partial charge in [0.05, 0.1) is 0 Å². The smallest absolute Gasteiger partial charge is 0.123 e. The van der Waals surface area contributed by atoms with Gasteiger partial charge in [0.2, 0.25) is 0 Å². The van der Waals surface area contributed by atoms with Crippen LogP contribution in [-0.2, 0) is 0 Å². The molecule has 0 radical (unpaired) electrons. The highest BCUT2D eigenvalue weighted by Crippen LogP contribution is 2.24. The van der Waals surface area contributed by atoms with Crippen molar-refractivity contribution < 1.29 is 4.39 Å². The molecule has 0 bridgehead atoms. The second kappa shape index (κ2) is 5.17. The maximum absolute atomic E-state index is 12.8. The van der Waals surface area contributed by atoms with Crippen LogP contribution in [0.3, 0.4) is 0 Å². The summed E-state index contributed by atoms with van der Waals surface area (Å²) >= 11 is 1.82. The third kappa shape index (κ3) is 2.64. The van der Waals surface area contributed by atoms with E-state index >= 15 is 0 Å². The van der Waals surface area contributed by atoms with Gasteiger partial charge in [-0.15, -0.1) is 11.8 Å². The topological polar surface area (TPSA) is 0 Å². The summed E-state index contributed by atoms with van der Waals surface area (Å²) in [5.41, 5.74) is 2.18. The standard InChI is InChI=1S/C14H13FS/c1-2-16-14-9-5-12(6-10-14)11-3-7-13(15)8-4-11/h3-10H,2H2,1H3. The highest BCUT2D eigenvalue weighted by atomic mass is 32.2. The Labute approximate surface area is 99.5 Å². The minimum Gasteiger partial charge on any atom is -0.207 e. The van der Waals surface area contributed by atoms with Gasteiger partial charge < -0.3 is 0 Å². The fourth-order valence-electron chi connectivity index (χ4n) is 1.55. The van der Waals surface area contributed by atoms with Crippen LogP contribution < -0.4 is 0 Å². The second-order valence-electron chi connectivity index (χ2n) is 3.46. The molecule has 16 heavy (non-hydrogen) atoms. The molecule has 2 aromatic rings. The van der Waals surface area contributed by atoms with Crippen molar-refractivity contribution in [2.24, 2.45) is 0 Å². The molecule has 0 atom stereocenters. The van der Waals surface area contributed by atoms with Crippen LogP contribution in [0.5, 0.6) is 0 Å². The SMILES string of the molecule is CCSc1ccc(-c2ccc(F)cc2)cc1. The van der Waals surface area contributed by atoms with E-state index in [1.165, 1.54) is 17.0 Å². The Balaban J connectivity index is 2.24. The average Bonchev–Trinajstić information content (AvgIpc) is 2.32. The average molecular weight is 232 g/mol. The highest BCUT2D eigenvalue weighted by molar-refractivity contribution is 7.99. The van der Waals surface area contributed by atoms with Crippen LogP contribution in [0.25, 0.3) is 11.1 Å². The van der Waals surface area contributed by atoms with E-state index in [1.54, 1.807) is 12.1 Å². The predicted molar refractivity (Wildman–Crippen MR) is 68.2 cm³/mol. The zero-order chi connectivity index (χ0) is 11.4. The first-order chi connectivity index (χ1) is 7.79. The molecule has 0 aliphatic heterocycles. The van der Waals surface area contributed by atoms with Crippen LogP contribution in [0, 0.1) is 5.82 Å². The molecule has 0 N–H and O–H groups in total. The van der Waals surface area contributed by atoms with Gasteiger partial charge in [0.25, 0.3) is 0 Å². The fourth-order valence-corrected chi connectivity index (χ4v) is 2.21. The summed E-state index contributed by atoms with van der Waals surface area (Å²) in [7, 11) is 0. The molecule has 0 fully saturated rings. The largest absolute Gasteiger partial charge is 0.207 e. The van der Waals surface area contributed by atoms with Crippen LogP contribution in [0.15, 0.2) is 53.4 Å². The van der Waals surface area contributed by atoms with Gasteiger partial charge >= 0.3 is 0 Å². The van der Waals surface area contributed by atoms with E-state index in [1.807, 2.05) is 11.8 Å². The van der Waals surface area contributed by atoms with E-state index in [0.717, 1.165) is 16.9 Å². The van der Waals surface area contributed by atoms with E-state index in [-0.39, 0.29) is 5.82 Å². The Hall–Kier alpha value is -1.28. The van der Waals surface area contributed by atoms with Gasteiger partial charge in [0.1, 0.15) is 5.82 Å². The number of halogens is 1. The molecule has 2 heteroatoms. The van der Waals surface area contributed by atoms with Crippen molar-refractivity contribution in [3.05, 3.63) is 54.3 Å². The Morgan fingerprint density at radius 1 is 0.875 bits per heavy atom. The van der Waals surface area contributed by atoms with E-state index in [2.05, 4.69) is 31.2 Å². The lowest BCUT2D eigenvalue weighted by Crippen LogP contribution is -1.79. The molecule has 0 amide bonds. The lowest BCUT2D eigenvalue weighted by atomic mass is 10.1. The summed E-state index contributed by atoms with van der Waals surface area (Å²) < 4.78 is 12.8. The summed E-state index contributed by atoms with van der Waals surface area (Å²) in [6.45, 7) is 2.14. The van der Waals surface area contributed by atoms with Crippen molar-refractivity contribution >= 4 is 11.8 Å². The molecule has 0 spiro atoms. The lowest BCUT2D eigenvalue weighted by Gasteiger charge is -2.03. The summed E-state index contributed by atoms with van der Waals surface area (Å²) in [4.78, 5) is 1.27. The highest BCUT2D eigenvalue weighted by Gasteiger charge is 1.98. The normalized spacial score (nSPS) is 10.4. The fraction of sp³-hybridized carbons (Fsp3) is 0.143. The van der Waals surface area contributed by atoms with Gasteiger partial charge in [-0.05, 0) is 41.1 Å². The predicted octanol–water partition coefficient (Wildman–Crippen LogP) is 4.60. The molecular formula is C14H13FS. The quantitative estimate of drug-likeness (QED) is 0.697. The van der Waals surface area contributed by atoms with E-state index < -0.39 is 0 Å². The van der Waals surface area contributed by atoms with Gasteiger partial charge in [0, 0.05) is 4.90 Å². The van der Waals surface area contributed by atoms with Gasteiger partial charge in [-0.3, -0.25) is 0 Å². The number of benzene rings is 2. The van der Waals surface area contributed by atoms with Gasteiger partial charge in [-0.25, -0.2) is 4.39 Å². The minimum atomic E-state index is -0.193. The maximum atomic E-state index is 12.8. The monoisotopic (exact) mass is 232 g/mol. The van der Waals surface area contributed by atoms with Crippen LogP contribution in [0.4, 0.5) is 4.39 Å². The second-order valence-corrected chi connectivity index (χ2v) is 4.80. The first kappa shape index (κ1) is 11.2. The van der Waals surface area contributed by atoms with Gasteiger partial charge in [-0.1, -0.05) is 31.2 Å². The Morgan fingerprint density at radius 3 is 1.88 bits per heavy atom. The summed E-state index contributed by atoms with van der Waals surface area (Å²) in [6, 6.07) is 14.9. The summed E-state index contributed by atoms with van der Waals surface area (Å²) in [6.07, 6.45) is 0. The summed E-state index contributed by atoms with van der Waals surface area (Å²) in [5.74, 6) is 0.887. The number of hydrogen-bond acceptors (Lipinski definition) is 1. The Kier molecular flexibility index (Phi) is 3.62. The Bertz CT molecular complexity index is 445. The van der Waals surface area contributed by atoms with E-state index in [0.29, 0.717) is 0 Å². The molecule has 82 valence electrons. The van der Waals surface area contributed by atoms with Crippen LogP contribution in [0.2, 0.25) is 0 Å². The number of thioether (sulfide) groups is 1. The lowest BCUT2D eigenvalue weighted by molar-refractivity contribution is 0.628. The molecule has 0 aromatic heterocycles. The molecule has 2 rings (SSSR count). The first-order valence-corrected chi connectivity index (χ1v) is 6.27. The van der Waals surface area contributed by atoms with Crippen molar-refractivity contribution in [1.29, 1.82) is 0 Å². The third-order valence-corrected chi connectivity index (χ3v) is 3.24. The number of rotatable bonds is 3. The molecule has 0 nitrogen and oxygen atoms in total. The molecule has 0 aliphatic rings. The Morgan fingerprint density at radius 2 is 1.38 bits per heavy atom. The minimum absolute atomic E-state index is 0.193. The van der Waals surface area contributed by atoms with Gasteiger partial charge in [-0.2, -0.15) is 0 Å². The molecule has 0 saturated heterocycles. The number of hydrogen-bond donors (Lipinski definition) is 0. The van der Waals surface area contributed by atoms with Crippen molar-refractivity contribution in [3.8, 4) is 11.1 Å². The van der Waals surface area contributed by atoms with Crippen molar-refractivity contribution in [1.82, 2.24) is 0 Å². The first-order valence-electron chi connectivity index (χ1n) is 5.28. The van der Waals surface area contributed by atoms with Gasteiger partial charge in [0.15, 0.2) is 0 Å². The van der Waals surface area contributed by atoms with Crippen molar-refractivity contribution in [3.63, 3.8) is 0 Å². The summed E-state index contributed by atoms with van der Waals surface area (Å²) in [5, 5.41) is 0. The molecule has 0 aliphatic carbocycles. The van der Waals surface area contributed by atoms with Crippen LogP contribution in [-0.4, -0.2) is 5.75 Å². The van der Waals surface area contributed by atoms with Crippen LogP contribution >= 0.6 is 11.8 Å². The van der Waals surface area contributed by atoms with Crippen LogP contribution in [0.1, 0.15) is 6.92 Å². The van der Waals surface area contributed by atoms with Crippen molar-refractivity contribution in [2.45, 2.75) is 11.8 Å². The molecule has 0 saturated carbocycles. The maximum Gasteiger partial charge on any atom is 0.123 e. The third-order valence-electron chi connectivity index (χ3n) is 2.34. The molecule has 2 aromatic carbocycles. The zero-order valence-corrected chi connectivity index (χ0v) is 9.93. The zero-order valence-electron chi connectivity index (χ0n) is 9.11. The molecular weight excluding hydrogens is 219 g/mol. The van der Waals surface area contributed by atoms with E-state index in [9.17, 15) is 4.39 Å².